The number of halogens is 3. The van der Waals surface area contributed by atoms with E-state index in [9.17, 15) is 8.78 Å². The van der Waals surface area contributed by atoms with Crippen LogP contribution in [0.5, 0.6) is 0 Å². The minimum absolute atomic E-state index is 0.0144. The van der Waals surface area contributed by atoms with E-state index in [4.69, 9.17) is 11.0 Å². The van der Waals surface area contributed by atoms with Gasteiger partial charge in [0.25, 0.3) is 6.43 Å². The Morgan fingerprint density at radius 2 is 2.27 bits per heavy atom. The highest BCUT2D eigenvalue weighted by Crippen LogP contribution is 2.27. The van der Waals surface area contributed by atoms with Crippen molar-refractivity contribution in [2.24, 2.45) is 5.73 Å². The summed E-state index contributed by atoms with van der Waals surface area (Å²) in [6.45, 7) is 0.173. The van der Waals surface area contributed by atoms with E-state index in [1.807, 2.05) is 6.07 Å². The van der Waals surface area contributed by atoms with Gasteiger partial charge in [-0.05, 0) is 27.6 Å². The van der Waals surface area contributed by atoms with Crippen LogP contribution in [0, 0.1) is 11.3 Å². The van der Waals surface area contributed by atoms with Crippen LogP contribution in [0.25, 0.3) is 0 Å². The Hall–Kier alpha value is -1.06. The topological polar surface area (TPSA) is 62.7 Å². The summed E-state index contributed by atoms with van der Waals surface area (Å²) < 4.78 is 25.2. The molecule has 2 N–H and O–H groups in total. The molecule has 0 bridgehead atoms. The van der Waals surface area contributed by atoms with Crippen molar-refractivity contribution in [1.29, 1.82) is 5.26 Å². The average Bonchev–Trinajstić information content (AvgIpc) is 2.20. The summed E-state index contributed by atoms with van der Waals surface area (Å²) in [6, 6.07) is 3.35. The molecule has 1 aromatic rings. The van der Waals surface area contributed by atoms with Gasteiger partial charge < -0.3 is 5.73 Å². The third kappa shape index (κ3) is 2.70. The number of pyridine rings is 1. The molecular formula is C9H8BrF2N3. The first-order valence-corrected chi connectivity index (χ1v) is 4.92. The van der Waals surface area contributed by atoms with Crippen LogP contribution in [-0.2, 0) is 13.0 Å². The molecular weight excluding hydrogens is 268 g/mol. The van der Waals surface area contributed by atoms with Crippen molar-refractivity contribution in [1.82, 2.24) is 4.98 Å². The Balaban J connectivity index is 3.25. The molecule has 0 atom stereocenters. The van der Waals surface area contributed by atoms with Crippen LogP contribution in [0.1, 0.15) is 23.4 Å². The third-order valence-electron chi connectivity index (χ3n) is 1.84. The Morgan fingerprint density at radius 1 is 1.60 bits per heavy atom. The van der Waals surface area contributed by atoms with Crippen molar-refractivity contribution in [3.63, 3.8) is 0 Å². The molecule has 0 unspecified atom stereocenters. The molecule has 6 heteroatoms. The summed E-state index contributed by atoms with van der Waals surface area (Å²) >= 11 is 2.99. The molecule has 0 saturated heterocycles. The molecule has 0 aromatic carbocycles. The summed E-state index contributed by atoms with van der Waals surface area (Å²) in [7, 11) is 0. The first-order chi connectivity index (χ1) is 7.10. The van der Waals surface area contributed by atoms with Crippen molar-refractivity contribution >= 4 is 15.9 Å². The maximum absolute atomic E-state index is 12.5. The number of alkyl halides is 2. The normalized spacial score (nSPS) is 10.4. The Morgan fingerprint density at radius 3 is 2.73 bits per heavy atom. The molecule has 1 heterocycles. The zero-order valence-electron chi connectivity index (χ0n) is 7.67. The number of rotatable bonds is 3. The second kappa shape index (κ2) is 5.14. The number of nitrogens with zero attached hydrogens (tertiary/aromatic N) is 2. The van der Waals surface area contributed by atoms with Crippen molar-refractivity contribution in [2.45, 2.75) is 19.4 Å². The van der Waals surface area contributed by atoms with Crippen LogP contribution in [-0.4, -0.2) is 4.98 Å². The molecule has 0 spiro atoms. The predicted molar refractivity (Wildman–Crippen MR) is 54.1 cm³/mol. The molecule has 1 aromatic heterocycles. The highest BCUT2D eigenvalue weighted by molar-refractivity contribution is 9.10. The molecule has 0 saturated carbocycles. The van der Waals surface area contributed by atoms with Crippen molar-refractivity contribution in [2.75, 3.05) is 0 Å². The number of hydrogen-bond acceptors (Lipinski definition) is 3. The fourth-order valence-electron chi connectivity index (χ4n) is 1.14. The maximum atomic E-state index is 12.5. The van der Waals surface area contributed by atoms with E-state index in [1.165, 1.54) is 6.07 Å². The minimum Gasteiger partial charge on any atom is -0.326 e. The summed E-state index contributed by atoms with van der Waals surface area (Å²) in [4.78, 5) is 3.73. The third-order valence-corrected chi connectivity index (χ3v) is 2.48. The lowest BCUT2D eigenvalue weighted by Crippen LogP contribution is -2.06. The van der Waals surface area contributed by atoms with E-state index in [-0.39, 0.29) is 23.1 Å². The van der Waals surface area contributed by atoms with E-state index < -0.39 is 6.43 Å². The first-order valence-electron chi connectivity index (χ1n) is 4.13. The lowest BCUT2D eigenvalue weighted by atomic mass is 10.1. The summed E-state index contributed by atoms with van der Waals surface area (Å²) in [5.41, 5.74) is 5.99. The molecule has 0 aliphatic carbocycles. The van der Waals surface area contributed by atoms with Crippen molar-refractivity contribution in [3.05, 3.63) is 27.5 Å². The van der Waals surface area contributed by atoms with Gasteiger partial charge in [0, 0.05) is 11.0 Å². The predicted octanol–water partition coefficient (Wildman–Crippen LogP) is 2.31. The van der Waals surface area contributed by atoms with Gasteiger partial charge in [0.2, 0.25) is 0 Å². The fourth-order valence-corrected chi connectivity index (χ4v) is 1.68. The van der Waals surface area contributed by atoms with Gasteiger partial charge in [-0.3, -0.25) is 0 Å². The van der Waals surface area contributed by atoms with Crippen LogP contribution < -0.4 is 5.73 Å². The zero-order chi connectivity index (χ0) is 11.4. The van der Waals surface area contributed by atoms with E-state index in [0.29, 0.717) is 11.3 Å². The largest absolute Gasteiger partial charge is 0.326 e. The van der Waals surface area contributed by atoms with Crippen LogP contribution in [0.3, 0.4) is 0 Å². The molecule has 15 heavy (non-hydrogen) atoms. The molecule has 3 nitrogen and oxygen atoms in total. The molecule has 80 valence electrons. The van der Waals surface area contributed by atoms with Crippen molar-refractivity contribution < 1.29 is 8.78 Å². The number of hydrogen-bond donors (Lipinski definition) is 1. The molecule has 1 rings (SSSR count). The number of aromatic nitrogens is 1. The van der Waals surface area contributed by atoms with E-state index >= 15 is 0 Å². The van der Waals surface area contributed by atoms with Gasteiger partial charge in [-0.2, -0.15) is 5.26 Å². The zero-order valence-corrected chi connectivity index (χ0v) is 9.26. The Labute approximate surface area is 94.0 Å². The van der Waals surface area contributed by atoms with Crippen LogP contribution in [0.4, 0.5) is 8.78 Å². The van der Waals surface area contributed by atoms with Gasteiger partial charge in [-0.25, -0.2) is 13.8 Å². The Bertz CT molecular complexity index is 401. The summed E-state index contributed by atoms with van der Waals surface area (Å²) in [5, 5.41) is 8.51. The molecule has 0 aliphatic heterocycles. The highest BCUT2D eigenvalue weighted by atomic mass is 79.9. The molecule has 0 amide bonds. The maximum Gasteiger partial charge on any atom is 0.281 e. The standard InChI is InChI=1S/C9H8BrF2N3/c10-6-3-5(4-14)7(1-2-13)15-8(6)9(11)12/h3,9H,1,4,14H2. The van der Waals surface area contributed by atoms with Gasteiger partial charge >= 0.3 is 0 Å². The second-order valence-electron chi connectivity index (χ2n) is 2.80. The van der Waals surface area contributed by atoms with E-state index in [1.54, 1.807) is 0 Å². The quantitative estimate of drug-likeness (QED) is 0.921. The van der Waals surface area contributed by atoms with Gasteiger partial charge in [-0.1, -0.05) is 0 Å². The SMILES string of the molecule is N#CCc1nc(C(F)F)c(Br)cc1CN. The number of nitriles is 1. The van der Waals surface area contributed by atoms with Crippen molar-refractivity contribution in [3.8, 4) is 6.07 Å². The van der Waals surface area contributed by atoms with Gasteiger partial charge in [0.05, 0.1) is 18.2 Å². The van der Waals surface area contributed by atoms with Gasteiger partial charge in [-0.15, -0.1) is 0 Å². The minimum atomic E-state index is -2.66. The molecule has 0 aliphatic rings. The van der Waals surface area contributed by atoms with E-state index in [2.05, 4.69) is 20.9 Å². The smallest absolute Gasteiger partial charge is 0.281 e. The van der Waals surface area contributed by atoms with Crippen LogP contribution >= 0.6 is 15.9 Å². The van der Waals surface area contributed by atoms with Gasteiger partial charge in [0.15, 0.2) is 0 Å². The lowest BCUT2D eigenvalue weighted by Gasteiger charge is -2.08. The first kappa shape index (κ1) is 12.0. The molecule has 0 fully saturated rings. The monoisotopic (exact) mass is 275 g/mol. The lowest BCUT2D eigenvalue weighted by molar-refractivity contribution is 0.145. The summed E-state index contributed by atoms with van der Waals surface area (Å²) in [5.74, 6) is 0. The summed E-state index contributed by atoms with van der Waals surface area (Å²) in [6.07, 6.45) is -2.68. The highest BCUT2D eigenvalue weighted by Gasteiger charge is 2.16. The van der Waals surface area contributed by atoms with E-state index in [0.717, 1.165) is 0 Å². The van der Waals surface area contributed by atoms with Gasteiger partial charge in [0.1, 0.15) is 5.69 Å². The Kier molecular flexibility index (Phi) is 4.12. The van der Waals surface area contributed by atoms with Crippen LogP contribution in [0.2, 0.25) is 0 Å². The van der Waals surface area contributed by atoms with Crippen LogP contribution in [0.15, 0.2) is 10.5 Å². The second-order valence-corrected chi connectivity index (χ2v) is 3.66. The average molecular weight is 276 g/mol. The molecule has 0 radical (unpaired) electrons. The number of nitrogens with two attached hydrogens (primary N) is 1. The fraction of sp³-hybridized carbons (Fsp3) is 0.333.